The first-order valence-electron chi connectivity index (χ1n) is 9.00. The van der Waals surface area contributed by atoms with E-state index < -0.39 is 46.8 Å². The highest BCUT2D eigenvalue weighted by molar-refractivity contribution is 5.98. The Labute approximate surface area is 173 Å². The minimum atomic E-state index is -2.27. The van der Waals surface area contributed by atoms with E-state index in [2.05, 4.69) is 10.3 Å². The number of carbonyl (C=O) groups excluding carboxylic acids is 1. The maximum Gasteiger partial charge on any atom is 0.258 e. The summed E-state index contributed by atoms with van der Waals surface area (Å²) in [6.45, 7) is -0.0216. The average molecular weight is 435 g/mol. The van der Waals surface area contributed by atoms with Crippen LogP contribution in [0.1, 0.15) is 27.8 Å². The number of fused-ring (bicyclic) bond motifs is 1. The molecule has 0 aliphatic carbocycles. The van der Waals surface area contributed by atoms with Crippen LogP contribution in [0.25, 0.3) is 0 Å². The summed E-state index contributed by atoms with van der Waals surface area (Å²) >= 11 is 0. The maximum absolute atomic E-state index is 14.2. The van der Waals surface area contributed by atoms with Gasteiger partial charge >= 0.3 is 0 Å². The van der Waals surface area contributed by atoms with E-state index in [4.69, 9.17) is 4.74 Å². The molecule has 0 radical (unpaired) electrons. The molecule has 1 amide bonds. The van der Waals surface area contributed by atoms with E-state index in [-0.39, 0.29) is 17.8 Å². The van der Waals surface area contributed by atoms with Crippen molar-refractivity contribution in [3.05, 3.63) is 88.5 Å². The van der Waals surface area contributed by atoms with Crippen molar-refractivity contribution in [2.24, 2.45) is 0 Å². The quantitative estimate of drug-likeness (QED) is 0.363. The molecule has 5 nitrogen and oxygen atoms in total. The zero-order chi connectivity index (χ0) is 22.3. The SMILES string of the molecule is COc1ccc(CN2C(=O)c3cccnc3C2Nc2c(F)c(F)c(F)c(F)c2F)cc1. The number of halogens is 5. The molecule has 2 heterocycles. The number of rotatable bonds is 5. The molecule has 0 saturated heterocycles. The van der Waals surface area contributed by atoms with Gasteiger partial charge in [-0.05, 0) is 29.8 Å². The highest BCUT2D eigenvalue weighted by Crippen LogP contribution is 2.37. The van der Waals surface area contributed by atoms with E-state index in [0.717, 1.165) is 0 Å². The van der Waals surface area contributed by atoms with Crippen LogP contribution < -0.4 is 10.1 Å². The number of nitrogens with zero attached hydrogens (tertiary/aromatic N) is 2. The third kappa shape index (κ3) is 3.43. The average Bonchev–Trinajstić information content (AvgIpc) is 3.05. The molecule has 160 valence electrons. The minimum absolute atomic E-state index is 0.0216. The van der Waals surface area contributed by atoms with Crippen molar-refractivity contribution in [2.75, 3.05) is 12.4 Å². The molecule has 4 rings (SSSR count). The fraction of sp³-hybridized carbons (Fsp3) is 0.143. The van der Waals surface area contributed by atoms with Gasteiger partial charge < -0.3 is 15.0 Å². The van der Waals surface area contributed by atoms with Crippen molar-refractivity contribution in [3.63, 3.8) is 0 Å². The highest BCUT2D eigenvalue weighted by Gasteiger charge is 2.39. The molecule has 0 fully saturated rings. The van der Waals surface area contributed by atoms with Gasteiger partial charge in [0.1, 0.15) is 17.6 Å². The smallest absolute Gasteiger partial charge is 0.258 e. The summed E-state index contributed by atoms with van der Waals surface area (Å²) in [5, 5.41) is 2.29. The molecular weight excluding hydrogens is 421 g/mol. The Bertz CT molecular complexity index is 1140. The van der Waals surface area contributed by atoms with E-state index >= 15 is 0 Å². The zero-order valence-electron chi connectivity index (χ0n) is 15.9. The molecule has 1 aromatic heterocycles. The monoisotopic (exact) mass is 435 g/mol. The standard InChI is InChI=1S/C21H14F5N3O2/c1-31-11-6-4-10(5-7-11)9-29-20(18-12(21(29)30)3-2-8-27-18)28-19-16(25)14(23)13(22)15(24)17(19)26/h2-8,20,28H,9H2,1H3. The summed E-state index contributed by atoms with van der Waals surface area (Å²) in [6, 6.07) is 9.65. The molecule has 10 heteroatoms. The van der Waals surface area contributed by atoms with E-state index in [1.165, 1.54) is 30.3 Å². The lowest BCUT2D eigenvalue weighted by Crippen LogP contribution is -2.32. The van der Waals surface area contributed by atoms with Gasteiger partial charge in [0.05, 0.1) is 18.4 Å². The molecule has 0 saturated carbocycles. The number of carbonyl (C=O) groups is 1. The second-order valence-electron chi connectivity index (χ2n) is 6.71. The number of amides is 1. The van der Waals surface area contributed by atoms with E-state index in [1.807, 2.05) is 0 Å². The summed E-state index contributed by atoms with van der Waals surface area (Å²) in [5.74, 6) is -10.4. The van der Waals surface area contributed by atoms with Crippen molar-refractivity contribution < 1.29 is 31.5 Å². The van der Waals surface area contributed by atoms with Crippen molar-refractivity contribution in [1.82, 2.24) is 9.88 Å². The van der Waals surface area contributed by atoms with Crippen molar-refractivity contribution in [2.45, 2.75) is 12.7 Å². The maximum atomic E-state index is 14.2. The molecular formula is C21H14F5N3O2. The Hall–Kier alpha value is -3.69. The number of anilines is 1. The summed E-state index contributed by atoms with van der Waals surface area (Å²) in [4.78, 5) is 18.2. The molecule has 1 aliphatic heterocycles. The number of methoxy groups -OCH3 is 1. The Balaban J connectivity index is 1.75. The molecule has 1 aliphatic rings. The van der Waals surface area contributed by atoms with Crippen molar-refractivity contribution in [3.8, 4) is 5.75 Å². The molecule has 1 atom stereocenters. The van der Waals surface area contributed by atoms with Crippen LogP contribution in [0.4, 0.5) is 27.6 Å². The van der Waals surface area contributed by atoms with Gasteiger partial charge in [0.2, 0.25) is 5.82 Å². The topological polar surface area (TPSA) is 54.5 Å². The third-order valence-electron chi connectivity index (χ3n) is 4.90. The minimum Gasteiger partial charge on any atom is -0.497 e. The van der Waals surface area contributed by atoms with Gasteiger partial charge in [-0.3, -0.25) is 9.78 Å². The van der Waals surface area contributed by atoms with Gasteiger partial charge in [0.25, 0.3) is 5.91 Å². The third-order valence-corrected chi connectivity index (χ3v) is 4.90. The Morgan fingerprint density at radius 3 is 2.19 bits per heavy atom. The summed E-state index contributed by atoms with van der Waals surface area (Å²) in [5.41, 5.74) is -0.346. The van der Waals surface area contributed by atoms with Crippen LogP contribution in [0.2, 0.25) is 0 Å². The van der Waals surface area contributed by atoms with E-state index in [1.54, 1.807) is 24.3 Å². The fourth-order valence-electron chi connectivity index (χ4n) is 3.34. The second kappa shape index (κ2) is 7.86. The summed E-state index contributed by atoms with van der Waals surface area (Å²) in [6.07, 6.45) is 0.0926. The Morgan fingerprint density at radius 2 is 1.58 bits per heavy atom. The van der Waals surface area contributed by atoms with Crippen LogP contribution in [-0.4, -0.2) is 22.9 Å². The first-order valence-corrected chi connectivity index (χ1v) is 9.00. The fourth-order valence-corrected chi connectivity index (χ4v) is 3.34. The van der Waals surface area contributed by atoms with Crippen LogP contribution >= 0.6 is 0 Å². The van der Waals surface area contributed by atoms with Crippen LogP contribution in [0, 0.1) is 29.1 Å². The number of nitrogens with one attached hydrogen (secondary N) is 1. The molecule has 1 N–H and O–H groups in total. The molecule has 0 spiro atoms. The van der Waals surface area contributed by atoms with E-state index in [9.17, 15) is 26.7 Å². The van der Waals surface area contributed by atoms with Gasteiger partial charge in [-0.25, -0.2) is 22.0 Å². The van der Waals surface area contributed by atoms with Gasteiger partial charge in [0, 0.05) is 12.7 Å². The van der Waals surface area contributed by atoms with Gasteiger partial charge in [-0.2, -0.15) is 0 Å². The summed E-state index contributed by atoms with van der Waals surface area (Å²) < 4.78 is 74.3. The Kier molecular flexibility index (Phi) is 5.22. The first-order chi connectivity index (χ1) is 14.8. The van der Waals surface area contributed by atoms with Crippen LogP contribution in [0.15, 0.2) is 42.6 Å². The normalized spacial score (nSPS) is 15.2. The van der Waals surface area contributed by atoms with Crippen molar-refractivity contribution >= 4 is 11.6 Å². The number of benzene rings is 2. The lowest BCUT2D eigenvalue weighted by atomic mass is 10.2. The number of ether oxygens (including phenoxy) is 1. The Morgan fingerprint density at radius 1 is 0.968 bits per heavy atom. The van der Waals surface area contributed by atoms with Crippen LogP contribution in [-0.2, 0) is 6.54 Å². The first kappa shape index (κ1) is 20.6. The molecule has 2 aromatic carbocycles. The van der Waals surface area contributed by atoms with Crippen LogP contribution in [0.5, 0.6) is 5.75 Å². The lowest BCUT2D eigenvalue weighted by molar-refractivity contribution is 0.0727. The number of hydrogen-bond donors (Lipinski definition) is 1. The molecule has 31 heavy (non-hydrogen) atoms. The molecule has 3 aromatic rings. The summed E-state index contributed by atoms with van der Waals surface area (Å²) in [7, 11) is 1.49. The van der Waals surface area contributed by atoms with Gasteiger partial charge in [-0.1, -0.05) is 12.1 Å². The van der Waals surface area contributed by atoms with E-state index in [0.29, 0.717) is 11.3 Å². The number of hydrogen-bond acceptors (Lipinski definition) is 4. The highest BCUT2D eigenvalue weighted by atomic mass is 19.2. The molecule has 0 bridgehead atoms. The van der Waals surface area contributed by atoms with Gasteiger partial charge in [0.15, 0.2) is 23.3 Å². The van der Waals surface area contributed by atoms with Crippen molar-refractivity contribution in [1.29, 1.82) is 0 Å². The number of aromatic nitrogens is 1. The predicted octanol–water partition coefficient (Wildman–Crippen LogP) is 4.55. The number of pyridine rings is 1. The van der Waals surface area contributed by atoms with Crippen LogP contribution in [0.3, 0.4) is 0 Å². The molecule has 1 unspecified atom stereocenters. The zero-order valence-corrected chi connectivity index (χ0v) is 15.9. The predicted molar refractivity (Wildman–Crippen MR) is 99.7 cm³/mol. The largest absolute Gasteiger partial charge is 0.497 e. The van der Waals surface area contributed by atoms with Gasteiger partial charge in [-0.15, -0.1) is 0 Å². The second-order valence-corrected chi connectivity index (χ2v) is 6.71. The lowest BCUT2D eigenvalue weighted by Gasteiger charge is -2.27.